The molecule has 0 heterocycles. The summed E-state index contributed by atoms with van der Waals surface area (Å²) in [5.41, 5.74) is 1.80. The van der Waals surface area contributed by atoms with E-state index in [1.807, 2.05) is 6.07 Å². The Bertz CT molecular complexity index is 400. The van der Waals surface area contributed by atoms with Crippen molar-refractivity contribution in [3.05, 3.63) is 29.8 Å². The van der Waals surface area contributed by atoms with Gasteiger partial charge in [0.1, 0.15) is 5.75 Å². The molecule has 1 fully saturated rings. The summed E-state index contributed by atoms with van der Waals surface area (Å²) >= 11 is 0. The summed E-state index contributed by atoms with van der Waals surface area (Å²) in [6, 6.07) is 9.05. The summed E-state index contributed by atoms with van der Waals surface area (Å²) in [6.07, 6.45) is 6.51. The molecular weight excluding hydrogens is 234 g/mol. The molecule has 1 unspecified atom stereocenters. The summed E-state index contributed by atoms with van der Waals surface area (Å²) in [4.78, 5) is 0. The largest absolute Gasteiger partial charge is 0.497 e. The molecule has 1 aromatic carbocycles. The third-order valence-corrected chi connectivity index (χ3v) is 4.45. The van der Waals surface area contributed by atoms with Crippen LogP contribution in [-0.2, 0) is 6.42 Å². The second-order valence-corrected chi connectivity index (χ2v) is 6.34. The van der Waals surface area contributed by atoms with Crippen LogP contribution in [0.2, 0.25) is 0 Å². The van der Waals surface area contributed by atoms with Gasteiger partial charge in [-0.05, 0) is 48.9 Å². The van der Waals surface area contributed by atoms with Gasteiger partial charge in [0.25, 0.3) is 0 Å². The highest BCUT2D eigenvalue weighted by Gasteiger charge is 2.31. The van der Waals surface area contributed by atoms with E-state index in [1.165, 1.54) is 31.2 Å². The Morgan fingerprint density at radius 1 is 1.32 bits per heavy atom. The van der Waals surface area contributed by atoms with Crippen molar-refractivity contribution in [2.24, 2.45) is 5.41 Å². The lowest BCUT2D eigenvalue weighted by molar-refractivity contribution is 0.169. The fourth-order valence-corrected chi connectivity index (χ4v) is 3.09. The van der Waals surface area contributed by atoms with Crippen molar-refractivity contribution >= 4 is 0 Å². The smallest absolute Gasteiger partial charge is 0.119 e. The average Bonchev–Trinajstić information content (AvgIpc) is 2.41. The van der Waals surface area contributed by atoms with Gasteiger partial charge in [-0.15, -0.1) is 0 Å². The minimum absolute atomic E-state index is 0.451. The molecule has 0 aliphatic heterocycles. The zero-order valence-corrected chi connectivity index (χ0v) is 12.5. The number of hydrogen-bond donors (Lipinski definition) is 1. The number of ether oxygens (including phenoxy) is 1. The lowest BCUT2D eigenvalue weighted by Crippen LogP contribution is -2.44. The van der Waals surface area contributed by atoms with Crippen molar-refractivity contribution in [1.82, 2.24) is 5.32 Å². The van der Waals surface area contributed by atoms with Crippen molar-refractivity contribution in [2.45, 2.75) is 52.0 Å². The summed E-state index contributed by atoms with van der Waals surface area (Å²) in [6.45, 7) is 5.85. The predicted octanol–water partition coefficient (Wildman–Crippen LogP) is 3.80. The van der Waals surface area contributed by atoms with Crippen molar-refractivity contribution in [3.63, 3.8) is 0 Å². The first-order valence-corrected chi connectivity index (χ1v) is 7.48. The van der Waals surface area contributed by atoms with Gasteiger partial charge in [0.05, 0.1) is 7.11 Å². The Morgan fingerprint density at radius 2 is 2.16 bits per heavy atom. The van der Waals surface area contributed by atoms with E-state index < -0.39 is 0 Å². The van der Waals surface area contributed by atoms with E-state index in [0.29, 0.717) is 11.5 Å². The van der Waals surface area contributed by atoms with Gasteiger partial charge in [-0.25, -0.2) is 0 Å². The lowest BCUT2D eigenvalue weighted by atomic mass is 9.73. The minimum Gasteiger partial charge on any atom is -0.497 e. The first-order chi connectivity index (χ1) is 9.12. The third kappa shape index (κ3) is 3.97. The van der Waals surface area contributed by atoms with Crippen LogP contribution in [0.1, 0.15) is 45.1 Å². The molecule has 0 spiro atoms. The summed E-state index contributed by atoms with van der Waals surface area (Å²) in [5.74, 6) is 0.954. The Morgan fingerprint density at radius 3 is 2.89 bits per heavy atom. The molecule has 0 saturated heterocycles. The maximum absolute atomic E-state index is 5.26. The van der Waals surface area contributed by atoms with Crippen LogP contribution >= 0.6 is 0 Å². The van der Waals surface area contributed by atoms with Gasteiger partial charge in [-0.3, -0.25) is 0 Å². The molecule has 1 aliphatic carbocycles. The Balaban J connectivity index is 1.82. The number of nitrogens with one attached hydrogen (secondary N) is 1. The number of benzene rings is 1. The van der Waals surface area contributed by atoms with Gasteiger partial charge in [0.2, 0.25) is 0 Å². The first-order valence-electron chi connectivity index (χ1n) is 7.48. The summed E-state index contributed by atoms with van der Waals surface area (Å²) in [7, 11) is 1.72. The molecule has 1 aromatic rings. The molecule has 106 valence electrons. The molecule has 1 N–H and O–H groups in total. The second kappa shape index (κ2) is 6.42. The monoisotopic (exact) mass is 261 g/mol. The molecule has 2 rings (SSSR count). The fraction of sp³-hybridized carbons (Fsp3) is 0.647. The van der Waals surface area contributed by atoms with Crippen molar-refractivity contribution in [2.75, 3.05) is 13.7 Å². The molecule has 19 heavy (non-hydrogen) atoms. The van der Waals surface area contributed by atoms with E-state index in [9.17, 15) is 0 Å². The second-order valence-electron chi connectivity index (χ2n) is 6.34. The van der Waals surface area contributed by atoms with Crippen LogP contribution in [0.3, 0.4) is 0 Å². The quantitative estimate of drug-likeness (QED) is 0.870. The highest BCUT2D eigenvalue weighted by atomic mass is 16.5. The molecular formula is C17H27NO. The van der Waals surface area contributed by atoms with Crippen LogP contribution in [0.4, 0.5) is 0 Å². The van der Waals surface area contributed by atoms with E-state index in [2.05, 4.69) is 37.4 Å². The van der Waals surface area contributed by atoms with Crippen LogP contribution in [0.15, 0.2) is 24.3 Å². The van der Waals surface area contributed by atoms with Gasteiger partial charge in [-0.2, -0.15) is 0 Å². The molecule has 0 aromatic heterocycles. The van der Waals surface area contributed by atoms with Gasteiger partial charge in [0.15, 0.2) is 0 Å². The third-order valence-electron chi connectivity index (χ3n) is 4.45. The van der Waals surface area contributed by atoms with Gasteiger partial charge in [0, 0.05) is 6.04 Å². The van der Waals surface area contributed by atoms with Crippen molar-refractivity contribution in [3.8, 4) is 5.75 Å². The number of hydrogen-bond acceptors (Lipinski definition) is 2. The molecule has 0 bridgehead atoms. The molecule has 1 saturated carbocycles. The summed E-state index contributed by atoms with van der Waals surface area (Å²) < 4.78 is 5.26. The van der Waals surface area contributed by atoms with Crippen LogP contribution in [0.5, 0.6) is 5.75 Å². The van der Waals surface area contributed by atoms with E-state index in [4.69, 9.17) is 4.74 Å². The zero-order valence-electron chi connectivity index (χ0n) is 12.5. The normalized spacial score (nSPS) is 22.2. The van der Waals surface area contributed by atoms with E-state index in [1.54, 1.807) is 7.11 Å². The van der Waals surface area contributed by atoms with Crippen LogP contribution in [0, 0.1) is 5.41 Å². The van der Waals surface area contributed by atoms with Crippen molar-refractivity contribution in [1.29, 1.82) is 0 Å². The Labute approximate surface area is 117 Å². The highest BCUT2D eigenvalue weighted by molar-refractivity contribution is 5.28. The molecule has 0 radical (unpaired) electrons. The van der Waals surface area contributed by atoms with Crippen LogP contribution < -0.4 is 10.1 Å². The topological polar surface area (TPSA) is 21.3 Å². The van der Waals surface area contributed by atoms with E-state index in [0.717, 1.165) is 18.7 Å². The summed E-state index contributed by atoms with van der Waals surface area (Å²) in [5, 5.41) is 3.76. The average molecular weight is 261 g/mol. The maximum atomic E-state index is 5.26. The van der Waals surface area contributed by atoms with Gasteiger partial charge >= 0.3 is 0 Å². The maximum Gasteiger partial charge on any atom is 0.119 e. The lowest BCUT2D eigenvalue weighted by Gasteiger charge is -2.39. The zero-order chi connectivity index (χ0) is 13.7. The van der Waals surface area contributed by atoms with Crippen LogP contribution in [0.25, 0.3) is 0 Å². The molecule has 0 amide bonds. The first kappa shape index (κ1) is 14.4. The SMILES string of the molecule is COc1cccc(CCNC2CCCCC2(C)C)c1. The van der Waals surface area contributed by atoms with E-state index >= 15 is 0 Å². The van der Waals surface area contributed by atoms with Gasteiger partial charge < -0.3 is 10.1 Å². The van der Waals surface area contributed by atoms with E-state index in [-0.39, 0.29) is 0 Å². The Kier molecular flexibility index (Phi) is 4.87. The van der Waals surface area contributed by atoms with Crippen molar-refractivity contribution < 1.29 is 4.74 Å². The standard InChI is InChI=1S/C17H27NO/c1-17(2)11-5-4-9-16(17)18-12-10-14-7-6-8-15(13-14)19-3/h6-8,13,16,18H,4-5,9-12H2,1-3H3. The van der Waals surface area contributed by atoms with Gasteiger partial charge in [-0.1, -0.05) is 38.8 Å². The highest BCUT2D eigenvalue weighted by Crippen LogP contribution is 2.35. The molecule has 1 atom stereocenters. The Hall–Kier alpha value is -1.02. The predicted molar refractivity (Wildman–Crippen MR) is 80.7 cm³/mol. The minimum atomic E-state index is 0.451. The number of rotatable bonds is 5. The molecule has 2 nitrogen and oxygen atoms in total. The van der Waals surface area contributed by atoms with Crippen LogP contribution in [-0.4, -0.2) is 19.7 Å². The number of methoxy groups -OCH3 is 1. The molecule has 2 heteroatoms. The molecule has 1 aliphatic rings. The fourth-order valence-electron chi connectivity index (χ4n) is 3.09.